The molecule has 0 unspecified atom stereocenters. The lowest BCUT2D eigenvalue weighted by atomic mass is 10.2. The number of hydrogen-bond donors (Lipinski definition) is 1. The third-order valence-electron chi connectivity index (χ3n) is 2.73. The van der Waals surface area contributed by atoms with Crippen molar-refractivity contribution in [3.8, 4) is 0 Å². The minimum atomic E-state index is -0.315. The first kappa shape index (κ1) is 12.4. The van der Waals surface area contributed by atoms with Gasteiger partial charge in [0, 0.05) is 24.1 Å². The van der Waals surface area contributed by atoms with Gasteiger partial charge in [0.25, 0.3) is 0 Å². The van der Waals surface area contributed by atoms with Gasteiger partial charge in [-0.1, -0.05) is 6.07 Å². The van der Waals surface area contributed by atoms with E-state index in [9.17, 15) is 4.39 Å². The van der Waals surface area contributed by atoms with Crippen LogP contribution in [0.3, 0.4) is 0 Å². The number of aromatic nitrogens is 1. The fourth-order valence-corrected chi connectivity index (χ4v) is 1.85. The molecular formula is C14H16FN3. The number of halogens is 1. The summed E-state index contributed by atoms with van der Waals surface area (Å²) in [6, 6.07) is 10.3. The van der Waals surface area contributed by atoms with E-state index in [4.69, 9.17) is 5.73 Å². The van der Waals surface area contributed by atoms with E-state index in [1.807, 2.05) is 30.0 Å². The third-order valence-corrected chi connectivity index (χ3v) is 2.73. The van der Waals surface area contributed by atoms with Gasteiger partial charge in [0.2, 0.25) is 0 Å². The monoisotopic (exact) mass is 245 g/mol. The molecule has 0 bridgehead atoms. The number of pyridine rings is 1. The molecule has 0 saturated carbocycles. The van der Waals surface area contributed by atoms with Crippen molar-refractivity contribution in [2.24, 2.45) is 0 Å². The number of nitrogen functional groups attached to an aromatic ring is 1. The lowest BCUT2D eigenvalue weighted by molar-refractivity contribution is 0.627. The average Bonchev–Trinajstić information content (AvgIpc) is 2.36. The Morgan fingerprint density at radius 1 is 1.28 bits per heavy atom. The Balaban J connectivity index is 2.23. The van der Waals surface area contributed by atoms with Crippen molar-refractivity contribution in [2.45, 2.75) is 13.5 Å². The van der Waals surface area contributed by atoms with E-state index in [0.29, 0.717) is 12.2 Å². The molecule has 0 radical (unpaired) electrons. The third kappa shape index (κ3) is 2.97. The zero-order chi connectivity index (χ0) is 13.0. The van der Waals surface area contributed by atoms with Crippen molar-refractivity contribution in [1.82, 2.24) is 4.98 Å². The van der Waals surface area contributed by atoms with Gasteiger partial charge in [-0.25, -0.2) is 4.39 Å². The first-order chi connectivity index (χ1) is 8.69. The van der Waals surface area contributed by atoms with Gasteiger partial charge in [-0.2, -0.15) is 0 Å². The number of anilines is 2. The average molecular weight is 245 g/mol. The van der Waals surface area contributed by atoms with Crippen LogP contribution in [0.15, 0.2) is 42.6 Å². The molecule has 0 amide bonds. The van der Waals surface area contributed by atoms with Gasteiger partial charge in [-0.05, 0) is 37.3 Å². The highest BCUT2D eigenvalue weighted by Gasteiger charge is 2.08. The summed E-state index contributed by atoms with van der Waals surface area (Å²) in [5.74, 6) is -0.315. The maximum absolute atomic E-state index is 13.3. The zero-order valence-corrected chi connectivity index (χ0v) is 10.3. The lowest BCUT2D eigenvalue weighted by Crippen LogP contribution is -2.22. The molecule has 2 rings (SSSR count). The van der Waals surface area contributed by atoms with Gasteiger partial charge < -0.3 is 10.6 Å². The van der Waals surface area contributed by atoms with Gasteiger partial charge in [0.05, 0.1) is 12.2 Å². The fraction of sp³-hybridized carbons (Fsp3) is 0.214. The summed E-state index contributed by atoms with van der Waals surface area (Å²) in [4.78, 5) is 6.30. The molecule has 0 aliphatic heterocycles. The molecule has 0 aliphatic rings. The second kappa shape index (κ2) is 5.49. The smallest absolute Gasteiger partial charge is 0.127 e. The van der Waals surface area contributed by atoms with E-state index >= 15 is 0 Å². The predicted molar refractivity (Wildman–Crippen MR) is 71.8 cm³/mol. The number of rotatable bonds is 4. The first-order valence-electron chi connectivity index (χ1n) is 5.90. The van der Waals surface area contributed by atoms with Gasteiger partial charge in [-0.3, -0.25) is 4.98 Å². The normalized spacial score (nSPS) is 10.3. The number of nitrogens with zero attached hydrogens (tertiary/aromatic N) is 2. The summed E-state index contributed by atoms with van der Waals surface area (Å²) in [5, 5.41) is 0. The number of nitrogens with two attached hydrogens (primary N) is 1. The maximum atomic E-state index is 13.3. The van der Waals surface area contributed by atoms with Crippen molar-refractivity contribution in [2.75, 3.05) is 17.2 Å². The summed E-state index contributed by atoms with van der Waals surface area (Å²) in [6.45, 7) is 3.42. The highest BCUT2D eigenvalue weighted by molar-refractivity contribution is 5.56. The topological polar surface area (TPSA) is 42.2 Å². The molecule has 1 aromatic heterocycles. The van der Waals surface area contributed by atoms with Crippen molar-refractivity contribution in [3.63, 3.8) is 0 Å². The van der Waals surface area contributed by atoms with Crippen molar-refractivity contribution in [1.29, 1.82) is 0 Å². The molecule has 1 aromatic carbocycles. The van der Waals surface area contributed by atoms with Crippen molar-refractivity contribution < 1.29 is 4.39 Å². The number of benzene rings is 1. The van der Waals surface area contributed by atoms with Crippen LogP contribution in [0.1, 0.15) is 12.6 Å². The lowest BCUT2D eigenvalue weighted by Gasteiger charge is -2.23. The molecule has 4 heteroatoms. The summed E-state index contributed by atoms with van der Waals surface area (Å²) < 4.78 is 13.3. The van der Waals surface area contributed by atoms with Crippen LogP contribution < -0.4 is 10.6 Å². The van der Waals surface area contributed by atoms with Gasteiger partial charge >= 0.3 is 0 Å². The minimum absolute atomic E-state index is 0.315. The summed E-state index contributed by atoms with van der Waals surface area (Å²) in [5.41, 5.74) is 7.82. The van der Waals surface area contributed by atoms with Crippen LogP contribution in [0.5, 0.6) is 0 Å². The molecule has 0 saturated heterocycles. The quantitative estimate of drug-likeness (QED) is 0.842. The summed E-state index contributed by atoms with van der Waals surface area (Å²) in [7, 11) is 0. The molecule has 0 atom stereocenters. The molecule has 18 heavy (non-hydrogen) atoms. The van der Waals surface area contributed by atoms with Crippen molar-refractivity contribution >= 4 is 11.4 Å². The maximum Gasteiger partial charge on any atom is 0.127 e. The first-order valence-corrected chi connectivity index (χ1v) is 5.90. The van der Waals surface area contributed by atoms with Crippen molar-refractivity contribution in [3.05, 3.63) is 54.1 Å². The van der Waals surface area contributed by atoms with E-state index in [0.717, 1.165) is 17.9 Å². The summed E-state index contributed by atoms with van der Waals surface area (Å²) >= 11 is 0. The summed E-state index contributed by atoms with van der Waals surface area (Å²) in [6.07, 6.45) is 1.75. The number of hydrogen-bond acceptors (Lipinski definition) is 3. The van der Waals surface area contributed by atoms with E-state index in [1.165, 1.54) is 12.1 Å². The van der Waals surface area contributed by atoms with E-state index in [2.05, 4.69) is 4.98 Å². The standard InChI is InChI=1S/C14H16FN3/c1-2-18(10-13-5-3-4-6-17-13)14-8-11(15)7-12(16)9-14/h3-9H,2,10,16H2,1H3. The van der Waals surface area contributed by atoms with Crippen LogP contribution in [-0.2, 0) is 6.54 Å². The van der Waals surface area contributed by atoms with Gasteiger partial charge in [0.15, 0.2) is 0 Å². The molecule has 2 aromatic rings. The SMILES string of the molecule is CCN(Cc1ccccn1)c1cc(N)cc(F)c1. The Morgan fingerprint density at radius 2 is 2.11 bits per heavy atom. The molecule has 1 heterocycles. The minimum Gasteiger partial charge on any atom is -0.399 e. The molecular weight excluding hydrogens is 229 g/mol. The second-order valence-electron chi connectivity index (χ2n) is 4.08. The van der Waals surface area contributed by atoms with E-state index < -0.39 is 0 Å². The van der Waals surface area contributed by atoms with Crippen LogP contribution in [0, 0.1) is 5.82 Å². The zero-order valence-electron chi connectivity index (χ0n) is 10.3. The molecule has 2 N–H and O–H groups in total. The molecule has 3 nitrogen and oxygen atoms in total. The van der Waals surface area contributed by atoms with Crippen LogP contribution in [0.4, 0.5) is 15.8 Å². The Kier molecular flexibility index (Phi) is 3.77. The molecule has 0 spiro atoms. The Bertz CT molecular complexity index is 493. The molecule has 94 valence electrons. The molecule has 0 aliphatic carbocycles. The van der Waals surface area contributed by atoms with Gasteiger partial charge in [-0.15, -0.1) is 0 Å². The van der Waals surface area contributed by atoms with Gasteiger partial charge in [0.1, 0.15) is 5.82 Å². The van der Waals surface area contributed by atoms with E-state index in [-0.39, 0.29) is 5.82 Å². The van der Waals surface area contributed by atoms with Crippen LogP contribution >= 0.6 is 0 Å². The van der Waals surface area contributed by atoms with Crippen LogP contribution in [-0.4, -0.2) is 11.5 Å². The second-order valence-corrected chi connectivity index (χ2v) is 4.08. The highest BCUT2D eigenvalue weighted by atomic mass is 19.1. The van der Waals surface area contributed by atoms with E-state index in [1.54, 1.807) is 12.3 Å². The highest BCUT2D eigenvalue weighted by Crippen LogP contribution is 2.21. The Labute approximate surface area is 106 Å². The largest absolute Gasteiger partial charge is 0.399 e. The fourth-order valence-electron chi connectivity index (χ4n) is 1.85. The predicted octanol–water partition coefficient (Wildman–Crippen LogP) is 2.83. The Hall–Kier alpha value is -2.10. The molecule has 0 fully saturated rings. The Morgan fingerprint density at radius 3 is 2.72 bits per heavy atom. The van der Waals surface area contributed by atoms with Crippen LogP contribution in [0.2, 0.25) is 0 Å². The van der Waals surface area contributed by atoms with Crippen LogP contribution in [0.25, 0.3) is 0 Å².